The fraction of sp³-hybridized carbons (Fsp3) is 0.417. The molecule has 0 aliphatic rings. The van der Waals surface area contributed by atoms with E-state index in [9.17, 15) is 19.8 Å². The fourth-order valence-electron chi connectivity index (χ4n) is 3.06. The van der Waals surface area contributed by atoms with Gasteiger partial charge in [-0.1, -0.05) is 64.3 Å². The number of phenols is 1. The quantitative estimate of drug-likeness (QED) is 0.384. The van der Waals surface area contributed by atoms with Crippen LogP contribution >= 0.6 is 0 Å². The van der Waals surface area contributed by atoms with Gasteiger partial charge in [0.2, 0.25) is 0 Å². The van der Waals surface area contributed by atoms with Crippen LogP contribution in [0.25, 0.3) is 0 Å². The van der Waals surface area contributed by atoms with Gasteiger partial charge in [0.15, 0.2) is 5.78 Å². The van der Waals surface area contributed by atoms with Crippen molar-refractivity contribution in [2.75, 3.05) is 13.1 Å². The number of para-hydroxylation sites is 1. The molecule has 0 radical (unpaired) electrons. The zero-order valence-electron chi connectivity index (χ0n) is 17.7. The van der Waals surface area contributed by atoms with Crippen LogP contribution < -0.4 is 5.32 Å². The Morgan fingerprint density at radius 3 is 2.00 bits per heavy atom. The van der Waals surface area contributed by atoms with Crippen molar-refractivity contribution < 1.29 is 19.8 Å². The highest BCUT2D eigenvalue weighted by atomic mass is 16.4. The molecular formula is C24H33NO4. The summed E-state index contributed by atoms with van der Waals surface area (Å²) in [6, 6.07) is 11.1. The number of carbonyl (C=O) groups is 2. The molecular weight excluding hydrogens is 366 g/mol. The minimum Gasteiger partial charge on any atom is -0.507 e. The van der Waals surface area contributed by atoms with Crippen molar-refractivity contribution in [2.24, 2.45) is 0 Å². The molecule has 0 bridgehead atoms. The van der Waals surface area contributed by atoms with E-state index in [4.69, 9.17) is 0 Å². The van der Waals surface area contributed by atoms with E-state index < -0.39 is 5.97 Å². The summed E-state index contributed by atoms with van der Waals surface area (Å²) in [5.41, 5.74) is 1.25. The van der Waals surface area contributed by atoms with Crippen LogP contribution in [0, 0.1) is 0 Å². The molecule has 2 aromatic rings. The van der Waals surface area contributed by atoms with Crippen molar-refractivity contribution in [3.05, 3.63) is 64.7 Å². The molecule has 0 heterocycles. The summed E-state index contributed by atoms with van der Waals surface area (Å²) in [4.78, 5) is 24.3. The Morgan fingerprint density at radius 1 is 0.828 bits per heavy atom. The van der Waals surface area contributed by atoms with Crippen molar-refractivity contribution in [1.82, 2.24) is 5.32 Å². The molecule has 29 heavy (non-hydrogen) atoms. The first-order valence-corrected chi connectivity index (χ1v) is 10.4. The zero-order valence-corrected chi connectivity index (χ0v) is 17.7. The van der Waals surface area contributed by atoms with E-state index in [0.29, 0.717) is 17.5 Å². The van der Waals surface area contributed by atoms with E-state index in [-0.39, 0.29) is 22.7 Å². The zero-order chi connectivity index (χ0) is 21.6. The van der Waals surface area contributed by atoms with Gasteiger partial charge in [0.1, 0.15) is 5.75 Å². The first kappa shape index (κ1) is 24.4. The molecule has 0 aliphatic carbocycles. The van der Waals surface area contributed by atoms with Gasteiger partial charge in [0.25, 0.3) is 0 Å². The summed E-state index contributed by atoms with van der Waals surface area (Å²) in [5, 5.41) is 22.5. The van der Waals surface area contributed by atoms with Crippen LogP contribution in [0.2, 0.25) is 0 Å². The van der Waals surface area contributed by atoms with E-state index >= 15 is 0 Å². The molecule has 0 saturated heterocycles. The van der Waals surface area contributed by atoms with Gasteiger partial charge in [-0.25, -0.2) is 4.79 Å². The van der Waals surface area contributed by atoms with Gasteiger partial charge in [-0.2, -0.15) is 0 Å². The predicted molar refractivity (Wildman–Crippen MR) is 117 cm³/mol. The second-order valence-corrected chi connectivity index (χ2v) is 6.75. The number of hydrogen-bond donors (Lipinski definition) is 3. The molecule has 5 nitrogen and oxygen atoms in total. The second-order valence-electron chi connectivity index (χ2n) is 6.75. The lowest BCUT2D eigenvalue weighted by atomic mass is 9.91. The number of carboxylic acids is 1. The second kappa shape index (κ2) is 13.5. The van der Waals surface area contributed by atoms with Gasteiger partial charge >= 0.3 is 5.97 Å². The Hall–Kier alpha value is -2.66. The third-order valence-electron chi connectivity index (χ3n) is 4.58. The van der Waals surface area contributed by atoms with Crippen molar-refractivity contribution in [2.45, 2.75) is 52.9 Å². The molecule has 3 N–H and O–H groups in total. The largest absolute Gasteiger partial charge is 0.507 e. The molecule has 158 valence electrons. The standard InChI is InChI=1S/C20H22O4.C4H11N/c1-2-3-4-5-9-14-15(11-8-12-16(14)20(23)24)19(22)17-10-6-7-13-18(17)21;1-3-5-4-2/h6-8,10-13,21H,2-5,9H2,1H3,(H,23,24);5H,3-4H2,1-2H3. The van der Waals surface area contributed by atoms with E-state index in [2.05, 4.69) is 26.1 Å². The summed E-state index contributed by atoms with van der Waals surface area (Å²) in [6.45, 7) is 8.50. The number of carboxylic acid groups (broad SMARTS) is 1. The highest BCUT2D eigenvalue weighted by Crippen LogP contribution is 2.25. The Bertz CT molecular complexity index is 784. The van der Waals surface area contributed by atoms with Crippen molar-refractivity contribution >= 4 is 11.8 Å². The maximum absolute atomic E-state index is 12.8. The summed E-state index contributed by atoms with van der Waals surface area (Å²) in [5.74, 6) is -1.48. The van der Waals surface area contributed by atoms with Crippen LogP contribution in [-0.4, -0.2) is 35.1 Å². The number of phenolic OH excluding ortho intramolecular Hbond substituents is 1. The van der Waals surface area contributed by atoms with E-state index in [1.54, 1.807) is 30.3 Å². The number of rotatable bonds is 10. The van der Waals surface area contributed by atoms with E-state index in [1.807, 2.05) is 0 Å². The lowest BCUT2D eigenvalue weighted by Crippen LogP contribution is -2.11. The highest BCUT2D eigenvalue weighted by Gasteiger charge is 2.20. The van der Waals surface area contributed by atoms with Gasteiger partial charge in [-0.15, -0.1) is 0 Å². The number of hydrogen-bond acceptors (Lipinski definition) is 4. The van der Waals surface area contributed by atoms with Crippen molar-refractivity contribution in [1.29, 1.82) is 0 Å². The molecule has 0 spiro atoms. The SMILES string of the molecule is CCCCCCc1c(C(=O)O)cccc1C(=O)c1ccccc1O.CCNCC. The molecule has 2 aromatic carbocycles. The fourth-order valence-corrected chi connectivity index (χ4v) is 3.06. The Labute approximate surface area is 173 Å². The number of nitrogens with one attached hydrogen (secondary N) is 1. The minimum absolute atomic E-state index is 0.0971. The third kappa shape index (κ3) is 7.70. The molecule has 0 aromatic heterocycles. The van der Waals surface area contributed by atoms with Gasteiger partial charge < -0.3 is 15.5 Å². The minimum atomic E-state index is -1.03. The normalized spacial score (nSPS) is 10.2. The van der Waals surface area contributed by atoms with Crippen LogP contribution in [0.5, 0.6) is 5.75 Å². The topological polar surface area (TPSA) is 86.6 Å². The van der Waals surface area contributed by atoms with Crippen LogP contribution in [-0.2, 0) is 6.42 Å². The molecule has 0 saturated carbocycles. The maximum atomic E-state index is 12.8. The Kier molecular flexibility index (Phi) is 11.4. The summed E-state index contributed by atoms with van der Waals surface area (Å²) < 4.78 is 0. The lowest BCUT2D eigenvalue weighted by Gasteiger charge is -2.13. The van der Waals surface area contributed by atoms with Crippen LogP contribution in [0.1, 0.15) is 78.3 Å². The molecule has 0 unspecified atom stereocenters. The van der Waals surface area contributed by atoms with Crippen molar-refractivity contribution in [3.8, 4) is 5.75 Å². The monoisotopic (exact) mass is 399 g/mol. The van der Waals surface area contributed by atoms with Crippen LogP contribution in [0.4, 0.5) is 0 Å². The number of carbonyl (C=O) groups excluding carboxylic acids is 1. The Balaban J connectivity index is 0.000000749. The summed E-state index contributed by atoms with van der Waals surface area (Å²) in [7, 11) is 0. The van der Waals surface area contributed by atoms with Gasteiger partial charge in [0.05, 0.1) is 11.1 Å². The molecule has 0 aliphatic heterocycles. The molecule has 5 heteroatoms. The third-order valence-corrected chi connectivity index (χ3v) is 4.58. The number of benzene rings is 2. The van der Waals surface area contributed by atoms with E-state index in [1.165, 1.54) is 12.1 Å². The number of unbranched alkanes of at least 4 members (excludes halogenated alkanes) is 3. The Morgan fingerprint density at radius 2 is 1.45 bits per heavy atom. The van der Waals surface area contributed by atoms with Crippen LogP contribution in [0.15, 0.2) is 42.5 Å². The number of aromatic carboxylic acids is 1. The van der Waals surface area contributed by atoms with Gasteiger partial charge in [-0.05, 0) is 49.7 Å². The van der Waals surface area contributed by atoms with Crippen LogP contribution in [0.3, 0.4) is 0 Å². The van der Waals surface area contributed by atoms with Crippen molar-refractivity contribution in [3.63, 3.8) is 0 Å². The first-order valence-electron chi connectivity index (χ1n) is 10.4. The molecule has 0 amide bonds. The number of aromatic hydroxyl groups is 1. The highest BCUT2D eigenvalue weighted by molar-refractivity contribution is 6.12. The predicted octanol–water partition coefficient (Wildman–Crippen LogP) is 5.06. The summed E-state index contributed by atoms with van der Waals surface area (Å²) in [6.07, 6.45) is 4.53. The molecule has 0 atom stereocenters. The average molecular weight is 400 g/mol. The van der Waals surface area contributed by atoms with Gasteiger partial charge in [-0.3, -0.25) is 4.79 Å². The summed E-state index contributed by atoms with van der Waals surface area (Å²) >= 11 is 0. The molecule has 0 fully saturated rings. The smallest absolute Gasteiger partial charge is 0.335 e. The van der Waals surface area contributed by atoms with E-state index in [0.717, 1.165) is 38.8 Å². The number of ketones is 1. The molecule has 2 rings (SSSR count). The lowest BCUT2D eigenvalue weighted by molar-refractivity contribution is 0.0695. The maximum Gasteiger partial charge on any atom is 0.335 e. The first-order chi connectivity index (χ1) is 14.0. The van der Waals surface area contributed by atoms with Gasteiger partial charge in [0, 0.05) is 5.56 Å². The average Bonchev–Trinajstić information content (AvgIpc) is 2.72.